The van der Waals surface area contributed by atoms with Crippen molar-refractivity contribution in [2.45, 2.75) is 12.8 Å². The van der Waals surface area contributed by atoms with Gasteiger partial charge in [0, 0.05) is 26.7 Å². The molecule has 0 spiro atoms. The second-order valence-corrected chi connectivity index (χ2v) is 2.57. The van der Waals surface area contributed by atoms with E-state index in [1.54, 1.807) is 18.4 Å². The average molecular weight is 153 g/mol. The molecule has 0 aliphatic heterocycles. The Kier molecular flexibility index (Phi) is 5.17. The quantitative estimate of drug-likeness (QED) is 0.441. The monoisotopic (exact) mass is 153 g/mol. The van der Waals surface area contributed by atoms with Crippen LogP contribution in [0.2, 0.25) is 0 Å². The van der Waals surface area contributed by atoms with E-state index in [9.17, 15) is 4.79 Å². The number of nitrogens with zero attached hydrogens (tertiary/aromatic N) is 1. The van der Waals surface area contributed by atoms with Crippen LogP contribution in [0, 0.1) is 0 Å². The van der Waals surface area contributed by atoms with Crippen LogP contribution in [0.4, 0.5) is 0 Å². The number of carbonyl (C=O) groups excluding carboxylic acids is 1. The molecule has 0 aliphatic rings. The van der Waals surface area contributed by atoms with Gasteiger partial charge in [-0.15, -0.1) is 6.58 Å². The second kappa shape index (κ2) is 5.71. The van der Waals surface area contributed by atoms with E-state index in [-0.39, 0.29) is 5.78 Å². The Morgan fingerprint density at radius 2 is 2.18 bits per heavy atom. The summed E-state index contributed by atoms with van der Waals surface area (Å²) in [5, 5.41) is 0. The summed E-state index contributed by atoms with van der Waals surface area (Å²) in [6.45, 7) is 3.54. The van der Waals surface area contributed by atoms with Crippen LogP contribution in [0.1, 0.15) is 12.8 Å². The highest BCUT2D eigenvalue weighted by Gasteiger charge is 1.92. The molecular formula is C9H15NO. The summed E-state index contributed by atoms with van der Waals surface area (Å²) in [4.78, 5) is 12.8. The fourth-order valence-corrected chi connectivity index (χ4v) is 0.560. The maximum atomic E-state index is 10.9. The van der Waals surface area contributed by atoms with E-state index >= 15 is 0 Å². The smallest absolute Gasteiger partial charge is 0.157 e. The predicted molar refractivity (Wildman–Crippen MR) is 47.3 cm³/mol. The normalized spacial score (nSPS) is 10.0. The molecule has 0 amide bonds. The van der Waals surface area contributed by atoms with Crippen molar-refractivity contribution >= 4 is 5.78 Å². The van der Waals surface area contributed by atoms with Crippen LogP contribution in [0.25, 0.3) is 0 Å². The molecule has 0 radical (unpaired) electrons. The van der Waals surface area contributed by atoms with Gasteiger partial charge in [-0.3, -0.25) is 4.79 Å². The van der Waals surface area contributed by atoms with Gasteiger partial charge in [0.15, 0.2) is 5.78 Å². The molecule has 62 valence electrons. The van der Waals surface area contributed by atoms with Gasteiger partial charge in [0.25, 0.3) is 0 Å². The van der Waals surface area contributed by atoms with E-state index in [1.807, 2.05) is 19.0 Å². The average Bonchev–Trinajstić information content (AvgIpc) is 1.97. The Hall–Kier alpha value is -1.05. The highest BCUT2D eigenvalue weighted by molar-refractivity contribution is 5.89. The van der Waals surface area contributed by atoms with Crippen LogP contribution in [0.3, 0.4) is 0 Å². The van der Waals surface area contributed by atoms with Crippen molar-refractivity contribution in [1.82, 2.24) is 4.90 Å². The molecule has 0 saturated heterocycles. The van der Waals surface area contributed by atoms with Crippen molar-refractivity contribution < 1.29 is 4.79 Å². The van der Waals surface area contributed by atoms with E-state index in [2.05, 4.69) is 6.58 Å². The summed E-state index contributed by atoms with van der Waals surface area (Å²) in [5.41, 5.74) is 0. The minimum absolute atomic E-state index is 0.151. The summed E-state index contributed by atoms with van der Waals surface area (Å²) >= 11 is 0. The molecule has 11 heavy (non-hydrogen) atoms. The molecule has 2 nitrogen and oxygen atoms in total. The number of carbonyl (C=O) groups is 1. The van der Waals surface area contributed by atoms with Crippen LogP contribution in [-0.4, -0.2) is 24.8 Å². The molecule has 0 fully saturated rings. The molecule has 0 aromatic rings. The summed E-state index contributed by atoms with van der Waals surface area (Å²) in [7, 11) is 3.77. The minimum Gasteiger partial charge on any atom is -0.383 e. The van der Waals surface area contributed by atoms with Crippen molar-refractivity contribution in [3.05, 3.63) is 24.9 Å². The molecule has 0 aliphatic carbocycles. The van der Waals surface area contributed by atoms with E-state index in [0.29, 0.717) is 6.42 Å². The van der Waals surface area contributed by atoms with Crippen molar-refractivity contribution in [2.24, 2.45) is 0 Å². The van der Waals surface area contributed by atoms with Crippen LogP contribution in [0.5, 0.6) is 0 Å². The maximum Gasteiger partial charge on any atom is 0.157 e. The highest BCUT2D eigenvalue weighted by atomic mass is 16.1. The van der Waals surface area contributed by atoms with Gasteiger partial charge in [-0.05, 0) is 12.5 Å². The lowest BCUT2D eigenvalue weighted by atomic mass is 10.2. The SMILES string of the molecule is C=CCCC(=O)C=CN(C)C. The lowest BCUT2D eigenvalue weighted by molar-refractivity contribution is -0.114. The van der Waals surface area contributed by atoms with Crippen molar-refractivity contribution in [3.63, 3.8) is 0 Å². The van der Waals surface area contributed by atoms with Gasteiger partial charge < -0.3 is 4.90 Å². The summed E-state index contributed by atoms with van der Waals surface area (Å²) in [6, 6.07) is 0. The third kappa shape index (κ3) is 6.84. The fourth-order valence-electron chi connectivity index (χ4n) is 0.560. The minimum atomic E-state index is 0.151. The predicted octanol–water partition coefficient (Wildman–Crippen LogP) is 1.60. The van der Waals surface area contributed by atoms with E-state index in [0.717, 1.165) is 6.42 Å². The second-order valence-electron chi connectivity index (χ2n) is 2.57. The number of hydrogen-bond donors (Lipinski definition) is 0. The van der Waals surface area contributed by atoms with Crippen LogP contribution < -0.4 is 0 Å². The Morgan fingerprint density at radius 1 is 1.55 bits per heavy atom. The van der Waals surface area contributed by atoms with Crippen molar-refractivity contribution in [1.29, 1.82) is 0 Å². The largest absolute Gasteiger partial charge is 0.383 e. The number of allylic oxidation sites excluding steroid dienone is 2. The van der Waals surface area contributed by atoms with Crippen LogP contribution in [0.15, 0.2) is 24.9 Å². The molecule has 0 N–H and O–H groups in total. The van der Waals surface area contributed by atoms with Crippen LogP contribution >= 0.6 is 0 Å². The topological polar surface area (TPSA) is 20.3 Å². The molecule has 0 unspecified atom stereocenters. The zero-order valence-electron chi connectivity index (χ0n) is 7.21. The zero-order chi connectivity index (χ0) is 8.69. The Bertz CT molecular complexity index is 159. The van der Waals surface area contributed by atoms with Gasteiger partial charge in [-0.25, -0.2) is 0 Å². The molecule has 0 aromatic carbocycles. The molecule has 0 saturated carbocycles. The first-order valence-electron chi connectivity index (χ1n) is 3.65. The Labute approximate surface area is 68.2 Å². The molecule has 0 heterocycles. The van der Waals surface area contributed by atoms with E-state index < -0.39 is 0 Å². The van der Waals surface area contributed by atoms with Crippen molar-refractivity contribution in [2.75, 3.05) is 14.1 Å². The maximum absolute atomic E-state index is 10.9. The molecule has 2 heteroatoms. The first-order valence-corrected chi connectivity index (χ1v) is 3.65. The zero-order valence-corrected chi connectivity index (χ0v) is 7.21. The molecule has 0 aromatic heterocycles. The highest BCUT2D eigenvalue weighted by Crippen LogP contribution is 1.92. The van der Waals surface area contributed by atoms with E-state index in [4.69, 9.17) is 0 Å². The molecule has 0 rings (SSSR count). The molecule has 0 atom stereocenters. The van der Waals surface area contributed by atoms with Gasteiger partial charge in [0.2, 0.25) is 0 Å². The van der Waals surface area contributed by atoms with Gasteiger partial charge in [0.1, 0.15) is 0 Å². The summed E-state index contributed by atoms with van der Waals surface area (Å²) in [5.74, 6) is 0.151. The van der Waals surface area contributed by atoms with Crippen molar-refractivity contribution in [3.8, 4) is 0 Å². The molecule has 0 bridgehead atoms. The lowest BCUT2D eigenvalue weighted by Crippen LogP contribution is -2.02. The van der Waals surface area contributed by atoms with Gasteiger partial charge in [0.05, 0.1) is 0 Å². The van der Waals surface area contributed by atoms with Gasteiger partial charge >= 0.3 is 0 Å². The number of hydrogen-bond acceptors (Lipinski definition) is 2. The standard InChI is InChI=1S/C9H15NO/c1-4-5-6-9(11)7-8-10(2)3/h4,7-8H,1,5-6H2,2-3H3. The molecular weight excluding hydrogens is 138 g/mol. The lowest BCUT2D eigenvalue weighted by Gasteiger charge is -2.01. The third-order valence-electron chi connectivity index (χ3n) is 1.15. The first-order chi connectivity index (χ1) is 5.16. The van der Waals surface area contributed by atoms with Crippen LogP contribution in [-0.2, 0) is 4.79 Å². The Balaban J connectivity index is 3.59. The first kappa shape index (κ1) is 9.95. The summed E-state index contributed by atoms with van der Waals surface area (Å²) < 4.78 is 0. The van der Waals surface area contributed by atoms with E-state index in [1.165, 1.54) is 0 Å². The number of rotatable bonds is 5. The van der Waals surface area contributed by atoms with Gasteiger partial charge in [-0.2, -0.15) is 0 Å². The Morgan fingerprint density at radius 3 is 2.64 bits per heavy atom. The number of ketones is 1. The summed E-state index contributed by atoms with van der Waals surface area (Å²) in [6.07, 6.45) is 6.42. The van der Waals surface area contributed by atoms with Gasteiger partial charge in [-0.1, -0.05) is 6.08 Å². The third-order valence-corrected chi connectivity index (χ3v) is 1.15. The fraction of sp³-hybridized carbons (Fsp3) is 0.444.